The van der Waals surface area contributed by atoms with Crippen LogP contribution in [0.4, 0.5) is 0 Å². The summed E-state index contributed by atoms with van der Waals surface area (Å²) in [7, 11) is 0. The van der Waals surface area contributed by atoms with Crippen molar-refractivity contribution in [3.63, 3.8) is 0 Å². The van der Waals surface area contributed by atoms with E-state index in [1.807, 2.05) is 26.8 Å². The van der Waals surface area contributed by atoms with Gasteiger partial charge in [0, 0.05) is 12.5 Å². The lowest BCUT2D eigenvalue weighted by Crippen LogP contribution is -2.24. The third-order valence-electron chi connectivity index (χ3n) is 2.36. The minimum atomic E-state index is -0.189. The molecule has 0 amide bonds. The molecule has 2 nitrogen and oxygen atoms in total. The molecule has 0 aromatic rings. The van der Waals surface area contributed by atoms with Crippen molar-refractivity contribution in [2.75, 3.05) is 0 Å². The average Bonchev–Trinajstić information content (AvgIpc) is 1.95. The van der Waals surface area contributed by atoms with Gasteiger partial charge in [0.2, 0.25) is 0 Å². The minimum Gasteiger partial charge on any atom is -0.295 e. The van der Waals surface area contributed by atoms with E-state index in [1.54, 1.807) is 6.08 Å². The van der Waals surface area contributed by atoms with E-state index < -0.39 is 0 Å². The van der Waals surface area contributed by atoms with Crippen LogP contribution in [0.3, 0.4) is 0 Å². The second-order valence-electron chi connectivity index (χ2n) is 4.04. The fraction of sp³-hybridized carbons (Fsp3) is 0.455. The van der Waals surface area contributed by atoms with Gasteiger partial charge in [0.1, 0.15) is 0 Å². The molecule has 1 aliphatic carbocycles. The SMILES string of the molecule is CC1=CC(=O)CC(C)(C)/C1=C/C#N. The molecule has 0 saturated carbocycles. The normalized spacial score (nSPS) is 24.0. The topological polar surface area (TPSA) is 40.9 Å². The summed E-state index contributed by atoms with van der Waals surface area (Å²) in [6.45, 7) is 5.86. The fourth-order valence-electron chi connectivity index (χ4n) is 1.81. The second kappa shape index (κ2) is 3.18. The third-order valence-corrected chi connectivity index (χ3v) is 2.36. The molecular weight excluding hydrogens is 162 g/mol. The summed E-state index contributed by atoms with van der Waals surface area (Å²) in [5.74, 6) is 0.151. The van der Waals surface area contributed by atoms with Crippen LogP contribution >= 0.6 is 0 Å². The van der Waals surface area contributed by atoms with Gasteiger partial charge in [-0.2, -0.15) is 5.26 Å². The first kappa shape index (κ1) is 9.73. The molecule has 0 unspecified atom stereocenters. The molecule has 0 saturated heterocycles. The maximum atomic E-state index is 11.3. The van der Waals surface area contributed by atoms with E-state index in [9.17, 15) is 4.79 Å². The van der Waals surface area contributed by atoms with Crippen LogP contribution in [-0.4, -0.2) is 5.78 Å². The van der Waals surface area contributed by atoms with Crippen molar-refractivity contribution in [3.05, 3.63) is 23.3 Å². The second-order valence-corrected chi connectivity index (χ2v) is 4.04. The predicted molar refractivity (Wildman–Crippen MR) is 50.9 cm³/mol. The Kier molecular flexibility index (Phi) is 2.38. The monoisotopic (exact) mass is 175 g/mol. The molecule has 2 heteroatoms. The van der Waals surface area contributed by atoms with Crippen LogP contribution in [0.15, 0.2) is 23.3 Å². The van der Waals surface area contributed by atoms with Gasteiger partial charge in [-0.1, -0.05) is 13.8 Å². The first-order chi connectivity index (χ1) is 5.97. The molecular formula is C11H13NO. The predicted octanol–water partition coefficient (Wildman–Crippen LogP) is 2.38. The van der Waals surface area contributed by atoms with E-state index in [1.165, 1.54) is 6.08 Å². The minimum absolute atomic E-state index is 0.151. The Bertz CT molecular complexity index is 340. The quantitative estimate of drug-likeness (QED) is 0.530. The van der Waals surface area contributed by atoms with E-state index in [2.05, 4.69) is 0 Å². The summed E-state index contributed by atoms with van der Waals surface area (Å²) < 4.78 is 0. The van der Waals surface area contributed by atoms with Crippen molar-refractivity contribution in [2.24, 2.45) is 5.41 Å². The number of rotatable bonds is 0. The van der Waals surface area contributed by atoms with Crippen molar-refractivity contribution < 1.29 is 4.79 Å². The number of hydrogen-bond donors (Lipinski definition) is 0. The highest BCUT2D eigenvalue weighted by Gasteiger charge is 2.30. The summed E-state index contributed by atoms with van der Waals surface area (Å²) in [6.07, 6.45) is 3.66. The zero-order valence-corrected chi connectivity index (χ0v) is 8.22. The highest BCUT2D eigenvalue weighted by atomic mass is 16.1. The number of ketones is 1. The Morgan fingerprint density at radius 2 is 2.23 bits per heavy atom. The Morgan fingerprint density at radius 1 is 1.62 bits per heavy atom. The summed E-state index contributed by atoms with van der Waals surface area (Å²) >= 11 is 0. The van der Waals surface area contributed by atoms with E-state index >= 15 is 0 Å². The largest absolute Gasteiger partial charge is 0.295 e. The molecule has 0 aromatic carbocycles. The van der Waals surface area contributed by atoms with E-state index in [-0.39, 0.29) is 11.2 Å². The molecule has 1 rings (SSSR count). The Balaban J connectivity index is 3.20. The maximum Gasteiger partial charge on any atom is 0.156 e. The van der Waals surface area contributed by atoms with E-state index in [0.717, 1.165) is 11.1 Å². The summed E-state index contributed by atoms with van der Waals surface area (Å²) in [5, 5.41) is 8.60. The molecule has 0 heterocycles. The van der Waals surface area contributed by atoms with Crippen molar-refractivity contribution in [1.82, 2.24) is 0 Å². The number of nitriles is 1. The number of carbonyl (C=O) groups is 1. The Labute approximate surface area is 78.6 Å². The number of allylic oxidation sites excluding steroid dienone is 4. The van der Waals surface area contributed by atoms with Gasteiger partial charge in [-0.05, 0) is 29.6 Å². The van der Waals surface area contributed by atoms with Crippen LogP contribution in [0.25, 0.3) is 0 Å². The van der Waals surface area contributed by atoms with E-state index in [4.69, 9.17) is 5.26 Å². The highest BCUT2D eigenvalue weighted by Crippen LogP contribution is 2.38. The van der Waals surface area contributed by atoms with Crippen LogP contribution in [-0.2, 0) is 4.79 Å². The van der Waals surface area contributed by atoms with Crippen LogP contribution in [0.5, 0.6) is 0 Å². The van der Waals surface area contributed by atoms with Gasteiger partial charge in [0.05, 0.1) is 6.07 Å². The van der Waals surface area contributed by atoms with Crippen molar-refractivity contribution in [3.8, 4) is 6.07 Å². The Hall–Kier alpha value is -1.36. The molecule has 0 aliphatic heterocycles. The molecule has 0 atom stereocenters. The first-order valence-electron chi connectivity index (χ1n) is 4.29. The van der Waals surface area contributed by atoms with Crippen molar-refractivity contribution >= 4 is 5.78 Å². The van der Waals surface area contributed by atoms with Gasteiger partial charge in [-0.15, -0.1) is 0 Å². The number of carbonyl (C=O) groups excluding carboxylic acids is 1. The lowest BCUT2D eigenvalue weighted by atomic mass is 9.73. The lowest BCUT2D eigenvalue weighted by Gasteiger charge is -2.30. The van der Waals surface area contributed by atoms with Crippen molar-refractivity contribution in [1.29, 1.82) is 5.26 Å². The van der Waals surface area contributed by atoms with E-state index in [0.29, 0.717) is 6.42 Å². The zero-order chi connectivity index (χ0) is 10.1. The number of nitrogens with zero attached hydrogens (tertiary/aromatic N) is 1. The highest BCUT2D eigenvalue weighted by molar-refractivity contribution is 5.93. The molecule has 68 valence electrons. The zero-order valence-electron chi connectivity index (χ0n) is 8.22. The van der Waals surface area contributed by atoms with Crippen LogP contribution in [0.2, 0.25) is 0 Å². The van der Waals surface area contributed by atoms with Gasteiger partial charge >= 0.3 is 0 Å². The first-order valence-corrected chi connectivity index (χ1v) is 4.29. The lowest BCUT2D eigenvalue weighted by molar-refractivity contribution is -0.116. The molecule has 0 aromatic heterocycles. The summed E-state index contributed by atoms with van der Waals surface area (Å²) in [4.78, 5) is 11.3. The van der Waals surface area contributed by atoms with Gasteiger partial charge < -0.3 is 0 Å². The summed E-state index contributed by atoms with van der Waals surface area (Å²) in [6, 6.07) is 2.02. The standard InChI is InChI=1S/C11H13NO/c1-8-6-9(13)7-11(2,3)10(8)4-5-12/h4,6H,7H2,1-3H3/b10-4+. The van der Waals surface area contributed by atoms with Crippen LogP contribution in [0.1, 0.15) is 27.2 Å². The molecule has 0 radical (unpaired) electrons. The van der Waals surface area contributed by atoms with Gasteiger partial charge in [-0.25, -0.2) is 0 Å². The van der Waals surface area contributed by atoms with Crippen LogP contribution < -0.4 is 0 Å². The Morgan fingerprint density at radius 3 is 2.69 bits per heavy atom. The van der Waals surface area contributed by atoms with Crippen molar-refractivity contribution in [2.45, 2.75) is 27.2 Å². The maximum absolute atomic E-state index is 11.3. The molecule has 0 spiro atoms. The average molecular weight is 175 g/mol. The van der Waals surface area contributed by atoms with Gasteiger partial charge in [0.25, 0.3) is 0 Å². The van der Waals surface area contributed by atoms with Gasteiger partial charge in [-0.3, -0.25) is 4.79 Å². The summed E-state index contributed by atoms with van der Waals surface area (Å²) in [5.41, 5.74) is 1.71. The van der Waals surface area contributed by atoms with Crippen LogP contribution in [0, 0.1) is 16.7 Å². The third kappa shape index (κ3) is 1.86. The number of hydrogen-bond acceptors (Lipinski definition) is 2. The smallest absolute Gasteiger partial charge is 0.156 e. The molecule has 0 bridgehead atoms. The van der Waals surface area contributed by atoms with Gasteiger partial charge in [0.15, 0.2) is 5.78 Å². The molecule has 1 aliphatic rings. The molecule has 13 heavy (non-hydrogen) atoms. The molecule has 0 N–H and O–H groups in total. The fourth-order valence-corrected chi connectivity index (χ4v) is 1.81. The molecule has 0 fully saturated rings.